The van der Waals surface area contributed by atoms with Gasteiger partial charge in [0.2, 0.25) is 0 Å². The van der Waals surface area contributed by atoms with Crippen molar-refractivity contribution in [2.75, 3.05) is 0 Å². The predicted molar refractivity (Wildman–Crippen MR) is 200 cm³/mol. The molecule has 0 atom stereocenters. The summed E-state index contributed by atoms with van der Waals surface area (Å²) in [5, 5.41) is 12.2. The Morgan fingerprint density at radius 1 is 0.354 bits per heavy atom. The molecule has 0 amide bonds. The number of rotatable bonds is 4. The Hall–Kier alpha value is -6.45. The first-order valence-electron chi connectivity index (χ1n) is 16.3. The van der Waals surface area contributed by atoms with Gasteiger partial charge in [-0.1, -0.05) is 127 Å². The van der Waals surface area contributed by atoms with Crippen molar-refractivity contribution in [2.45, 2.75) is 0 Å². The van der Waals surface area contributed by atoms with Crippen LogP contribution in [0.15, 0.2) is 164 Å². The van der Waals surface area contributed by atoms with Crippen molar-refractivity contribution in [3.05, 3.63) is 164 Å². The number of fused-ring (bicyclic) bond motifs is 2. The highest BCUT2D eigenvalue weighted by Gasteiger charge is 2.20. The van der Waals surface area contributed by atoms with Crippen LogP contribution in [-0.2, 0) is 0 Å². The summed E-state index contributed by atoms with van der Waals surface area (Å²) < 4.78 is 0. The molecule has 3 heteroatoms. The van der Waals surface area contributed by atoms with Crippen LogP contribution >= 0.6 is 0 Å². The van der Waals surface area contributed by atoms with Gasteiger partial charge in [-0.25, -0.2) is 9.97 Å². The van der Waals surface area contributed by atoms with Crippen LogP contribution < -0.4 is 0 Å². The summed E-state index contributed by atoms with van der Waals surface area (Å²) in [6.07, 6.45) is 5.67. The van der Waals surface area contributed by atoms with E-state index in [9.17, 15) is 0 Å². The fourth-order valence-electron chi connectivity index (χ4n) is 7.62. The topological polar surface area (TPSA) is 38.7 Å². The van der Waals surface area contributed by atoms with Crippen molar-refractivity contribution in [2.24, 2.45) is 0 Å². The predicted octanol–water partition coefficient (Wildman–Crippen LogP) is 11.7. The molecule has 0 bridgehead atoms. The maximum atomic E-state index is 5.21. The first kappa shape index (κ1) is 26.7. The van der Waals surface area contributed by atoms with Crippen LogP contribution in [0.25, 0.3) is 98.8 Å². The van der Waals surface area contributed by atoms with Crippen LogP contribution in [0.1, 0.15) is 0 Å². The van der Waals surface area contributed by atoms with E-state index < -0.39 is 0 Å². The van der Waals surface area contributed by atoms with Gasteiger partial charge in [-0.15, -0.1) is 0 Å². The molecule has 2 heterocycles. The minimum atomic E-state index is 0.718. The molecule has 0 aliphatic rings. The molecule has 0 saturated carbocycles. The van der Waals surface area contributed by atoms with Gasteiger partial charge in [0.25, 0.3) is 0 Å². The van der Waals surface area contributed by atoms with Gasteiger partial charge in [-0.3, -0.25) is 4.98 Å². The fraction of sp³-hybridized carbons (Fsp3) is 0. The van der Waals surface area contributed by atoms with Crippen LogP contribution in [0.3, 0.4) is 0 Å². The van der Waals surface area contributed by atoms with Gasteiger partial charge in [-0.2, -0.15) is 0 Å². The molecule has 222 valence electrons. The first-order valence-corrected chi connectivity index (χ1v) is 16.3. The van der Waals surface area contributed by atoms with Crippen molar-refractivity contribution < 1.29 is 0 Å². The lowest BCUT2D eigenvalue weighted by atomic mass is 9.87. The zero-order valence-corrected chi connectivity index (χ0v) is 25.9. The molecule has 48 heavy (non-hydrogen) atoms. The van der Waals surface area contributed by atoms with E-state index in [1.165, 1.54) is 43.4 Å². The molecule has 0 fully saturated rings. The van der Waals surface area contributed by atoms with Crippen LogP contribution in [0, 0.1) is 0 Å². The SMILES string of the molecule is c1ccc(-c2ccc3c(-c4ncccn4)c4ccccc4c(-c4ccc(-c5ccc6ccc7cccc8ccc5c6c78)cn4)c3c2)cc1. The molecule has 0 saturated heterocycles. The molecule has 3 nitrogen and oxygen atoms in total. The Balaban J connectivity index is 1.21. The number of hydrogen-bond donors (Lipinski definition) is 0. The van der Waals surface area contributed by atoms with Gasteiger partial charge in [0.05, 0.1) is 5.69 Å². The Kier molecular flexibility index (Phi) is 5.87. The molecule has 0 unspecified atom stereocenters. The van der Waals surface area contributed by atoms with E-state index in [2.05, 4.69) is 140 Å². The molecule has 8 aromatic carbocycles. The van der Waals surface area contributed by atoms with E-state index in [1.807, 2.05) is 24.7 Å². The quantitative estimate of drug-likeness (QED) is 0.147. The van der Waals surface area contributed by atoms with E-state index in [0.717, 1.165) is 55.3 Å². The zero-order chi connectivity index (χ0) is 31.6. The smallest absolute Gasteiger partial charge is 0.160 e. The van der Waals surface area contributed by atoms with Crippen molar-refractivity contribution in [3.63, 3.8) is 0 Å². The minimum Gasteiger partial charge on any atom is -0.256 e. The molecule has 0 spiro atoms. The molecule has 10 aromatic rings. The highest BCUT2D eigenvalue weighted by Crippen LogP contribution is 2.44. The van der Waals surface area contributed by atoms with Crippen molar-refractivity contribution in [1.29, 1.82) is 0 Å². The minimum absolute atomic E-state index is 0.718. The standard InChI is InChI=1S/C45H27N3/c1-2-8-28(9-3-1)32-18-22-38-39(26-32)43(35-12-4-5-13-36(35)44(38)45-46-24-7-25-47-45)40-23-19-33(27-48-40)34-20-16-31-15-14-29-10-6-11-30-17-21-37(34)42(31)41(29)30/h1-27H. The van der Waals surface area contributed by atoms with Crippen molar-refractivity contribution in [3.8, 4) is 44.9 Å². The number of aromatic nitrogens is 3. The summed E-state index contributed by atoms with van der Waals surface area (Å²) in [5.41, 5.74) is 7.71. The number of pyridine rings is 1. The van der Waals surface area contributed by atoms with E-state index >= 15 is 0 Å². The molecule has 0 aliphatic carbocycles. The lowest BCUT2D eigenvalue weighted by Crippen LogP contribution is -1.95. The second-order valence-electron chi connectivity index (χ2n) is 12.4. The zero-order valence-electron chi connectivity index (χ0n) is 25.9. The average Bonchev–Trinajstić information content (AvgIpc) is 3.16. The third-order valence-corrected chi connectivity index (χ3v) is 9.78. The van der Waals surface area contributed by atoms with E-state index in [1.54, 1.807) is 0 Å². The first-order chi connectivity index (χ1) is 23.8. The van der Waals surface area contributed by atoms with E-state index in [-0.39, 0.29) is 0 Å². The van der Waals surface area contributed by atoms with Crippen molar-refractivity contribution >= 4 is 53.9 Å². The summed E-state index contributed by atoms with van der Waals surface area (Å²) in [6, 6.07) is 52.1. The Morgan fingerprint density at radius 3 is 1.77 bits per heavy atom. The highest BCUT2D eigenvalue weighted by atomic mass is 14.9. The van der Waals surface area contributed by atoms with E-state index in [0.29, 0.717) is 0 Å². The number of nitrogens with zero attached hydrogens (tertiary/aromatic N) is 3. The maximum Gasteiger partial charge on any atom is 0.160 e. The Morgan fingerprint density at radius 2 is 1.00 bits per heavy atom. The summed E-state index contributed by atoms with van der Waals surface area (Å²) in [5.74, 6) is 0.718. The van der Waals surface area contributed by atoms with Gasteiger partial charge in [0, 0.05) is 35.3 Å². The number of hydrogen-bond acceptors (Lipinski definition) is 3. The second kappa shape index (κ2) is 10.5. The van der Waals surface area contributed by atoms with E-state index in [4.69, 9.17) is 15.0 Å². The van der Waals surface area contributed by atoms with Gasteiger partial charge < -0.3 is 0 Å². The summed E-state index contributed by atoms with van der Waals surface area (Å²) in [7, 11) is 0. The van der Waals surface area contributed by atoms with Crippen LogP contribution in [-0.4, -0.2) is 15.0 Å². The summed E-state index contributed by atoms with van der Waals surface area (Å²) >= 11 is 0. The maximum absolute atomic E-state index is 5.21. The van der Waals surface area contributed by atoms with Crippen LogP contribution in [0.2, 0.25) is 0 Å². The van der Waals surface area contributed by atoms with Crippen molar-refractivity contribution in [1.82, 2.24) is 15.0 Å². The molecule has 0 N–H and O–H groups in total. The Labute approximate surface area is 277 Å². The molecular formula is C45H27N3. The fourth-order valence-corrected chi connectivity index (χ4v) is 7.62. The molecule has 0 radical (unpaired) electrons. The third kappa shape index (κ3) is 4.04. The Bertz CT molecular complexity index is 2790. The average molecular weight is 610 g/mol. The monoisotopic (exact) mass is 609 g/mol. The van der Waals surface area contributed by atoms with Gasteiger partial charge in [0.1, 0.15) is 0 Å². The largest absolute Gasteiger partial charge is 0.256 e. The van der Waals surface area contributed by atoms with Gasteiger partial charge in [0.15, 0.2) is 5.82 Å². The third-order valence-electron chi connectivity index (χ3n) is 9.78. The summed E-state index contributed by atoms with van der Waals surface area (Å²) in [4.78, 5) is 14.6. The van der Waals surface area contributed by atoms with Crippen LogP contribution in [0.4, 0.5) is 0 Å². The van der Waals surface area contributed by atoms with Crippen LogP contribution in [0.5, 0.6) is 0 Å². The second-order valence-corrected chi connectivity index (χ2v) is 12.4. The van der Waals surface area contributed by atoms with Gasteiger partial charge >= 0.3 is 0 Å². The molecule has 0 aliphatic heterocycles. The molecule has 10 rings (SSSR count). The van der Waals surface area contributed by atoms with Gasteiger partial charge in [-0.05, 0) is 88.8 Å². The summed E-state index contributed by atoms with van der Waals surface area (Å²) in [6.45, 7) is 0. The normalized spacial score (nSPS) is 11.8. The number of benzene rings is 8. The lowest BCUT2D eigenvalue weighted by molar-refractivity contribution is 1.18. The molecule has 2 aromatic heterocycles. The highest BCUT2D eigenvalue weighted by molar-refractivity contribution is 6.25. The lowest BCUT2D eigenvalue weighted by Gasteiger charge is -2.18. The molecular weight excluding hydrogens is 583 g/mol.